The summed E-state index contributed by atoms with van der Waals surface area (Å²) in [6.07, 6.45) is 0.178. The summed E-state index contributed by atoms with van der Waals surface area (Å²) < 4.78 is 10.3. The van der Waals surface area contributed by atoms with Gasteiger partial charge in [0.25, 0.3) is 5.91 Å². The molecule has 0 aliphatic carbocycles. The van der Waals surface area contributed by atoms with E-state index < -0.39 is 11.9 Å². The fourth-order valence-corrected chi connectivity index (χ4v) is 1.89. The van der Waals surface area contributed by atoms with Gasteiger partial charge >= 0.3 is 5.97 Å². The van der Waals surface area contributed by atoms with E-state index in [1.54, 1.807) is 24.3 Å². The normalized spacial score (nSPS) is 13.8. The van der Waals surface area contributed by atoms with Gasteiger partial charge in [0.05, 0.1) is 18.7 Å². The van der Waals surface area contributed by atoms with Crippen LogP contribution >= 0.6 is 0 Å². The Morgan fingerprint density at radius 3 is 2.90 bits per heavy atom. The lowest BCUT2D eigenvalue weighted by atomic mass is 10.2. The highest BCUT2D eigenvalue weighted by Gasteiger charge is 2.25. The molecule has 1 aromatic rings. The number of rotatable bonds is 4. The zero-order chi connectivity index (χ0) is 15.2. The van der Waals surface area contributed by atoms with Crippen molar-refractivity contribution in [3.05, 3.63) is 24.3 Å². The monoisotopic (exact) mass is 292 g/mol. The number of anilines is 1. The first kappa shape index (κ1) is 14.8. The highest BCUT2D eigenvalue weighted by molar-refractivity contribution is 5.99. The largest absolute Gasteiger partial charge is 0.491 e. The van der Waals surface area contributed by atoms with Crippen LogP contribution in [0, 0.1) is 0 Å². The molecule has 1 aliphatic heterocycles. The van der Waals surface area contributed by atoms with Crippen LogP contribution in [0.1, 0.15) is 6.42 Å². The smallest absolute Gasteiger partial charge is 0.326 e. The minimum Gasteiger partial charge on any atom is -0.491 e. The van der Waals surface area contributed by atoms with E-state index in [9.17, 15) is 14.4 Å². The van der Waals surface area contributed by atoms with E-state index in [-0.39, 0.29) is 32.1 Å². The number of hydrogen-bond donors (Lipinski definition) is 1. The van der Waals surface area contributed by atoms with Gasteiger partial charge in [-0.3, -0.25) is 19.3 Å². The number of carbonyl (C=O) groups excluding carboxylic acids is 3. The van der Waals surface area contributed by atoms with Crippen molar-refractivity contribution in [3.8, 4) is 5.75 Å². The molecule has 0 aromatic heterocycles. The van der Waals surface area contributed by atoms with Crippen molar-refractivity contribution in [3.63, 3.8) is 0 Å². The van der Waals surface area contributed by atoms with Crippen molar-refractivity contribution in [2.75, 3.05) is 31.7 Å². The number of ether oxygens (including phenoxy) is 2. The quantitative estimate of drug-likeness (QED) is 0.795. The van der Waals surface area contributed by atoms with E-state index in [0.29, 0.717) is 11.4 Å². The lowest BCUT2D eigenvalue weighted by Crippen LogP contribution is -2.37. The van der Waals surface area contributed by atoms with Crippen molar-refractivity contribution in [1.29, 1.82) is 0 Å². The zero-order valence-corrected chi connectivity index (χ0v) is 11.6. The molecule has 112 valence electrons. The van der Waals surface area contributed by atoms with Gasteiger partial charge in [-0.15, -0.1) is 0 Å². The van der Waals surface area contributed by atoms with Gasteiger partial charge in [0.2, 0.25) is 5.91 Å². The Bertz CT molecular complexity index is 558. The van der Waals surface area contributed by atoms with E-state index >= 15 is 0 Å². The summed E-state index contributed by atoms with van der Waals surface area (Å²) in [6.45, 7) is -0.356. The fraction of sp³-hybridized carbons (Fsp3) is 0.357. The Morgan fingerprint density at radius 2 is 2.14 bits per heavy atom. The van der Waals surface area contributed by atoms with Crippen molar-refractivity contribution in [2.24, 2.45) is 0 Å². The Kier molecular flexibility index (Phi) is 4.76. The van der Waals surface area contributed by atoms with Crippen LogP contribution < -0.4 is 15.0 Å². The molecule has 21 heavy (non-hydrogen) atoms. The number of likely N-dealkylation sites (N-methyl/N-ethyl adjacent to an activating group) is 1. The SMILES string of the molecule is CNC(=O)COC(=O)CN1C(=O)CCOc2ccccc21. The van der Waals surface area contributed by atoms with Crippen LogP contribution in [0.2, 0.25) is 0 Å². The van der Waals surface area contributed by atoms with Gasteiger partial charge in [-0.2, -0.15) is 0 Å². The van der Waals surface area contributed by atoms with Crippen molar-refractivity contribution in [1.82, 2.24) is 5.32 Å². The predicted octanol–water partition coefficient (Wildman–Crippen LogP) is 0.0913. The molecular formula is C14H16N2O5. The average Bonchev–Trinajstić information content (AvgIpc) is 2.65. The van der Waals surface area contributed by atoms with Crippen LogP contribution in [0.3, 0.4) is 0 Å². The van der Waals surface area contributed by atoms with E-state index in [1.807, 2.05) is 0 Å². The predicted molar refractivity (Wildman–Crippen MR) is 73.9 cm³/mol. The maximum absolute atomic E-state index is 12.1. The summed E-state index contributed by atoms with van der Waals surface area (Å²) in [5.74, 6) is -0.739. The topological polar surface area (TPSA) is 84.9 Å². The summed E-state index contributed by atoms with van der Waals surface area (Å²) in [7, 11) is 1.45. The molecule has 7 heteroatoms. The Morgan fingerprint density at radius 1 is 1.38 bits per heavy atom. The third-order valence-corrected chi connectivity index (χ3v) is 2.96. The van der Waals surface area contributed by atoms with Crippen molar-refractivity contribution >= 4 is 23.5 Å². The molecule has 0 fully saturated rings. The van der Waals surface area contributed by atoms with Crippen LogP contribution in [-0.4, -0.2) is 44.6 Å². The zero-order valence-electron chi connectivity index (χ0n) is 11.6. The Labute approximate surface area is 121 Å². The summed E-state index contributed by atoms with van der Waals surface area (Å²) in [5.41, 5.74) is 0.525. The molecule has 0 unspecified atom stereocenters. The molecular weight excluding hydrogens is 276 g/mol. The molecule has 2 rings (SSSR count). The molecule has 1 aromatic carbocycles. The van der Waals surface area contributed by atoms with Gasteiger partial charge in [-0.1, -0.05) is 12.1 Å². The van der Waals surface area contributed by atoms with Crippen molar-refractivity contribution in [2.45, 2.75) is 6.42 Å². The molecule has 7 nitrogen and oxygen atoms in total. The molecule has 2 amide bonds. The minimum atomic E-state index is -0.649. The van der Waals surface area contributed by atoms with Crippen LogP contribution in [0.5, 0.6) is 5.75 Å². The first-order valence-electron chi connectivity index (χ1n) is 6.50. The molecule has 1 heterocycles. The number of amides is 2. The van der Waals surface area contributed by atoms with Crippen LogP contribution in [0.4, 0.5) is 5.69 Å². The number of benzene rings is 1. The Balaban J connectivity index is 2.08. The number of carbonyl (C=O) groups is 3. The van der Waals surface area contributed by atoms with E-state index in [0.717, 1.165) is 0 Å². The fourth-order valence-electron chi connectivity index (χ4n) is 1.89. The molecule has 0 bridgehead atoms. The molecule has 1 N–H and O–H groups in total. The molecule has 0 saturated carbocycles. The first-order chi connectivity index (χ1) is 10.1. The van der Waals surface area contributed by atoms with Crippen LogP contribution in [0.15, 0.2) is 24.3 Å². The molecule has 0 spiro atoms. The van der Waals surface area contributed by atoms with E-state index in [2.05, 4.69) is 5.32 Å². The number of nitrogens with zero attached hydrogens (tertiary/aromatic N) is 1. The van der Waals surface area contributed by atoms with E-state index in [4.69, 9.17) is 9.47 Å². The summed E-state index contributed by atoms with van der Waals surface area (Å²) in [4.78, 5) is 36.2. The van der Waals surface area contributed by atoms with Gasteiger partial charge in [-0.05, 0) is 12.1 Å². The highest BCUT2D eigenvalue weighted by Crippen LogP contribution is 2.30. The van der Waals surface area contributed by atoms with E-state index in [1.165, 1.54) is 11.9 Å². The third kappa shape index (κ3) is 3.71. The number of nitrogens with one attached hydrogen (secondary N) is 1. The standard InChI is InChI=1S/C14H16N2O5/c1-15-12(17)9-21-14(19)8-16-10-4-2-3-5-11(10)20-7-6-13(16)18/h2-5H,6-9H2,1H3,(H,15,17). The maximum atomic E-state index is 12.1. The highest BCUT2D eigenvalue weighted by atomic mass is 16.5. The molecule has 1 aliphatic rings. The summed E-state index contributed by atoms with van der Waals surface area (Å²) >= 11 is 0. The molecule has 0 radical (unpaired) electrons. The second-order valence-electron chi connectivity index (χ2n) is 4.38. The number of esters is 1. The lowest BCUT2D eigenvalue weighted by Gasteiger charge is -2.20. The van der Waals surface area contributed by atoms with Crippen LogP contribution in [-0.2, 0) is 19.1 Å². The summed E-state index contributed by atoms with van der Waals surface area (Å²) in [6, 6.07) is 6.97. The van der Waals surface area contributed by atoms with Crippen LogP contribution in [0.25, 0.3) is 0 Å². The number of para-hydroxylation sites is 2. The molecule has 0 saturated heterocycles. The van der Waals surface area contributed by atoms with Gasteiger partial charge in [-0.25, -0.2) is 0 Å². The molecule has 0 atom stereocenters. The Hall–Kier alpha value is -2.57. The van der Waals surface area contributed by atoms with Crippen molar-refractivity contribution < 1.29 is 23.9 Å². The third-order valence-electron chi connectivity index (χ3n) is 2.96. The first-order valence-corrected chi connectivity index (χ1v) is 6.50. The minimum absolute atomic E-state index is 0.178. The number of hydrogen-bond acceptors (Lipinski definition) is 5. The second kappa shape index (κ2) is 6.74. The second-order valence-corrected chi connectivity index (χ2v) is 4.38. The average molecular weight is 292 g/mol. The maximum Gasteiger partial charge on any atom is 0.326 e. The summed E-state index contributed by atoms with van der Waals surface area (Å²) in [5, 5.41) is 2.34. The van der Waals surface area contributed by atoms with Gasteiger partial charge in [0.1, 0.15) is 12.3 Å². The lowest BCUT2D eigenvalue weighted by molar-refractivity contribution is -0.147. The number of fused-ring (bicyclic) bond motifs is 1. The van der Waals surface area contributed by atoms with Gasteiger partial charge in [0, 0.05) is 7.05 Å². The van der Waals surface area contributed by atoms with Gasteiger partial charge < -0.3 is 14.8 Å². The van der Waals surface area contributed by atoms with Gasteiger partial charge in [0.15, 0.2) is 6.61 Å².